The molecule has 0 bridgehead atoms. The average Bonchev–Trinajstić information content (AvgIpc) is 2.25. The second-order valence-electron chi connectivity index (χ2n) is 7.26. The zero-order valence-electron chi connectivity index (χ0n) is 12.3. The van der Waals surface area contributed by atoms with E-state index in [0.29, 0.717) is 0 Å². The lowest BCUT2D eigenvalue weighted by molar-refractivity contribution is -0.105. The molecule has 1 aromatic carbocycles. The Morgan fingerprint density at radius 1 is 1.05 bits per heavy atom. The molecule has 0 radical (unpaired) electrons. The van der Waals surface area contributed by atoms with Gasteiger partial charge in [-0.1, -0.05) is 33.8 Å². The van der Waals surface area contributed by atoms with Crippen molar-refractivity contribution >= 4 is 12.1 Å². The number of rotatable bonds is 2. The van der Waals surface area contributed by atoms with E-state index in [1.807, 2.05) is 6.07 Å². The molecule has 102 valence electrons. The molecule has 1 saturated carbocycles. The number of fused-ring (bicyclic) bond motifs is 2. The van der Waals surface area contributed by atoms with Crippen molar-refractivity contribution in [1.29, 1.82) is 0 Å². The molecule has 1 amide bonds. The predicted octanol–water partition coefficient (Wildman–Crippen LogP) is 3.85. The number of nitrogens with one attached hydrogen (secondary N) is 1. The third kappa shape index (κ3) is 1.58. The van der Waals surface area contributed by atoms with Gasteiger partial charge in [0.05, 0.1) is 0 Å². The monoisotopic (exact) mass is 257 g/mol. The number of anilines is 1. The number of hydrogen-bond acceptors (Lipinski definition) is 1. The van der Waals surface area contributed by atoms with Crippen LogP contribution in [-0.4, -0.2) is 6.41 Å². The summed E-state index contributed by atoms with van der Waals surface area (Å²) in [7, 11) is 0. The molecule has 19 heavy (non-hydrogen) atoms. The van der Waals surface area contributed by atoms with Crippen LogP contribution in [0.15, 0.2) is 18.2 Å². The van der Waals surface area contributed by atoms with Gasteiger partial charge in [0, 0.05) is 5.69 Å². The third-order valence-electron chi connectivity index (χ3n) is 5.76. The second-order valence-corrected chi connectivity index (χ2v) is 7.26. The van der Waals surface area contributed by atoms with Crippen molar-refractivity contribution in [2.75, 3.05) is 5.32 Å². The summed E-state index contributed by atoms with van der Waals surface area (Å²) in [6.45, 7) is 9.49. The first-order valence-electron chi connectivity index (χ1n) is 7.24. The standard InChI is InChI=1S/C17H23NO/c1-16(2)12-7-8-13(12)17(3,4)15-9-11(18-10-19)5-6-14(15)16/h5-6,9-10,12-13H,7-8H2,1-4H3,(H,18,19). The smallest absolute Gasteiger partial charge is 0.211 e. The molecule has 2 aliphatic carbocycles. The van der Waals surface area contributed by atoms with E-state index in [1.54, 1.807) is 0 Å². The summed E-state index contributed by atoms with van der Waals surface area (Å²) >= 11 is 0. The summed E-state index contributed by atoms with van der Waals surface area (Å²) < 4.78 is 0. The van der Waals surface area contributed by atoms with E-state index >= 15 is 0 Å². The summed E-state index contributed by atoms with van der Waals surface area (Å²) in [6.07, 6.45) is 3.45. The van der Waals surface area contributed by atoms with E-state index in [9.17, 15) is 4.79 Å². The summed E-state index contributed by atoms with van der Waals surface area (Å²) in [4.78, 5) is 10.6. The highest BCUT2D eigenvalue weighted by molar-refractivity contribution is 5.72. The Morgan fingerprint density at radius 2 is 1.63 bits per heavy atom. The summed E-state index contributed by atoms with van der Waals surface area (Å²) in [5, 5.41) is 2.79. The van der Waals surface area contributed by atoms with Crippen molar-refractivity contribution in [2.24, 2.45) is 11.8 Å². The zero-order valence-corrected chi connectivity index (χ0v) is 12.3. The number of amides is 1. The maximum atomic E-state index is 10.6. The van der Waals surface area contributed by atoms with Gasteiger partial charge in [0.15, 0.2) is 0 Å². The molecule has 2 unspecified atom stereocenters. The van der Waals surface area contributed by atoms with Gasteiger partial charge in [0.25, 0.3) is 0 Å². The Hall–Kier alpha value is -1.31. The molecule has 1 N–H and O–H groups in total. The Bertz CT molecular complexity index is 530. The Kier molecular flexibility index (Phi) is 2.57. The van der Waals surface area contributed by atoms with Gasteiger partial charge in [0.2, 0.25) is 6.41 Å². The summed E-state index contributed by atoms with van der Waals surface area (Å²) in [5.41, 5.74) is 4.28. The largest absolute Gasteiger partial charge is 0.329 e. The van der Waals surface area contributed by atoms with Crippen molar-refractivity contribution in [3.8, 4) is 0 Å². The van der Waals surface area contributed by atoms with Gasteiger partial charge in [-0.3, -0.25) is 4.79 Å². The number of carbonyl (C=O) groups is 1. The molecule has 0 saturated heterocycles. The van der Waals surface area contributed by atoms with Gasteiger partial charge >= 0.3 is 0 Å². The van der Waals surface area contributed by atoms with Gasteiger partial charge in [-0.25, -0.2) is 0 Å². The fourth-order valence-corrected chi connectivity index (χ4v) is 4.42. The van der Waals surface area contributed by atoms with Crippen LogP contribution in [-0.2, 0) is 15.6 Å². The quantitative estimate of drug-likeness (QED) is 0.801. The SMILES string of the molecule is CC1(C)c2ccc(NC=O)cc2C(C)(C)C2CCC21. The molecule has 0 aromatic heterocycles. The molecule has 0 aliphatic heterocycles. The predicted molar refractivity (Wildman–Crippen MR) is 78.4 cm³/mol. The van der Waals surface area contributed by atoms with Crippen molar-refractivity contribution in [3.63, 3.8) is 0 Å². The Morgan fingerprint density at radius 3 is 2.16 bits per heavy atom. The van der Waals surface area contributed by atoms with Crippen LogP contribution < -0.4 is 5.32 Å². The zero-order chi connectivity index (χ0) is 13.8. The molecule has 2 nitrogen and oxygen atoms in total. The molecule has 2 aliphatic rings. The molecular weight excluding hydrogens is 234 g/mol. The van der Waals surface area contributed by atoms with E-state index in [2.05, 4.69) is 45.1 Å². The van der Waals surface area contributed by atoms with E-state index in [-0.39, 0.29) is 10.8 Å². The highest BCUT2D eigenvalue weighted by Crippen LogP contribution is 2.61. The van der Waals surface area contributed by atoms with Gasteiger partial charge in [-0.2, -0.15) is 0 Å². The Labute approximate surface area is 115 Å². The maximum absolute atomic E-state index is 10.6. The lowest BCUT2D eigenvalue weighted by Crippen LogP contribution is -2.54. The van der Waals surface area contributed by atoms with Crippen molar-refractivity contribution in [2.45, 2.75) is 51.4 Å². The van der Waals surface area contributed by atoms with Crippen LogP contribution in [0.1, 0.15) is 51.7 Å². The molecule has 1 aromatic rings. The molecular formula is C17H23NO. The highest BCUT2D eigenvalue weighted by atomic mass is 16.1. The highest BCUT2D eigenvalue weighted by Gasteiger charge is 2.54. The summed E-state index contributed by atoms with van der Waals surface area (Å²) in [5.74, 6) is 1.58. The molecule has 2 heteroatoms. The fraction of sp³-hybridized carbons (Fsp3) is 0.588. The topological polar surface area (TPSA) is 29.1 Å². The molecule has 3 rings (SSSR count). The van der Waals surface area contributed by atoms with Crippen molar-refractivity contribution < 1.29 is 4.79 Å². The minimum atomic E-state index is 0.217. The normalized spacial score (nSPS) is 29.7. The second kappa shape index (κ2) is 3.84. The number of carbonyl (C=O) groups excluding carboxylic acids is 1. The van der Waals surface area contributed by atoms with Crippen LogP contribution >= 0.6 is 0 Å². The van der Waals surface area contributed by atoms with Gasteiger partial charge in [-0.05, 0) is 58.8 Å². The first kappa shape index (κ1) is 12.7. The minimum Gasteiger partial charge on any atom is -0.329 e. The van der Waals surface area contributed by atoms with E-state index < -0.39 is 0 Å². The van der Waals surface area contributed by atoms with E-state index in [0.717, 1.165) is 23.9 Å². The van der Waals surface area contributed by atoms with Gasteiger partial charge in [-0.15, -0.1) is 0 Å². The minimum absolute atomic E-state index is 0.217. The average molecular weight is 257 g/mol. The fourth-order valence-electron chi connectivity index (χ4n) is 4.42. The lowest BCUT2D eigenvalue weighted by atomic mass is 9.45. The number of benzene rings is 1. The third-order valence-corrected chi connectivity index (χ3v) is 5.76. The van der Waals surface area contributed by atoms with Crippen LogP contribution in [0.4, 0.5) is 5.69 Å². The van der Waals surface area contributed by atoms with Crippen molar-refractivity contribution in [3.05, 3.63) is 29.3 Å². The molecule has 1 fully saturated rings. The van der Waals surface area contributed by atoms with Crippen LogP contribution in [0.5, 0.6) is 0 Å². The van der Waals surface area contributed by atoms with Gasteiger partial charge in [0.1, 0.15) is 0 Å². The molecule has 2 atom stereocenters. The van der Waals surface area contributed by atoms with Crippen LogP contribution in [0.2, 0.25) is 0 Å². The maximum Gasteiger partial charge on any atom is 0.211 e. The summed E-state index contributed by atoms with van der Waals surface area (Å²) in [6, 6.07) is 6.43. The first-order valence-corrected chi connectivity index (χ1v) is 7.24. The van der Waals surface area contributed by atoms with Crippen LogP contribution in [0, 0.1) is 11.8 Å². The van der Waals surface area contributed by atoms with E-state index in [4.69, 9.17) is 0 Å². The van der Waals surface area contributed by atoms with Crippen LogP contribution in [0.25, 0.3) is 0 Å². The number of hydrogen-bond donors (Lipinski definition) is 1. The van der Waals surface area contributed by atoms with Crippen LogP contribution in [0.3, 0.4) is 0 Å². The molecule has 0 spiro atoms. The Balaban J connectivity index is 2.17. The molecule has 0 heterocycles. The van der Waals surface area contributed by atoms with Crippen molar-refractivity contribution in [1.82, 2.24) is 0 Å². The van der Waals surface area contributed by atoms with E-state index in [1.165, 1.54) is 24.0 Å². The first-order chi connectivity index (χ1) is 8.89. The van der Waals surface area contributed by atoms with Gasteiger partial charge < -0.3 is 5.32 Å². The lowest BCUT2D eigenvalue weighted by Gasteiger charge is -2.59.